The molecule has 1 amide bonds. The van der Waals surface area contributed by atoms with Gasteiger partial charge in [-0.15, -0.1) is 0 Å². The van der Waals surface area contributed by atoms with Crippen molar-refractivity contribution in [1.29, 1.82) is 5.26 Å². The molecule has 0 aliphatic carbocycles. The third kappa shape index (κ3) is 5.31. The first-order chi connectivity index (χ1) is 8.83. The molecule has 1 fully saturated rings. The van der Waals surface area contributed by atoms with Crippen LogP contribution in [0.3, 0.4) is 0 Å². The molecular weight excluding hydrogens is 242 g/mol. The van der Waals surface area contributed by atoms with Crippen molar-refractivity contribution in [3.63, 3.8) is 0 Å². The van der Waals surface area contributed by atoms with Crippen LogP contribution in [0.25, 0.3) is 0 Å². The fourth-order valence-electron chi connectivity index (χ4n) is 2.00. The van der Waals surface area contributed by atoms with Gasteiger partial charge >= 0.3 is 6.09 Å². The second-order valence-corrected chi connectivity index (χ2v) is 5.80. The summed E-state index contributed by atoms with van der Waals surface area (Å²) >= 11 is 0. The summed E-state index contributed by atoms with van der Waals surface area (Å²) in [5.41, 5.74) is -0.451. The number of piperazine rings is 1. The van der Waals surface area contributed by atoms with Crippen LogP contribution in [0.1, 0.15) is 27.7 Å². The second kappa shape index (κ2) is 6.58. The summed E-state index contributed by atoms with van der Waals surface area (Å²) < 4.78 is 5.37. The predicted octanol–water partition coefficient (Wildman–Crippen LogP) is 2.01. The minimum absolute atomic E-state index is 0.244. The molecule has 0 saturated carbocycles. The van der Waals surface area contributed by atoms with E-state index in [1.165, 1.54) is 6.08 Å². The zero-order valence-electron chi connectivity index (χ0n) is 12.2. The number of hydrogen-bond donors (Lipinski definition) is 0. The highest BCUT2D eigenvalue weighted by Crippen LogP contribution is 2.14. The van der Waals surface area contributed by atoms with Gasteiger partial charge in [0.1, 0.15) is 5.60 Å². The summed E-state index contributed by atoms with van der Waals surface area (Å²) in [7, 11) is 0. The molecule has 0 bridgehead atoms. The molecule has 5 nitrogen and oxygen atoms in total. The van der Waals surface area contributed by atoms with Gasteiger partial charge in [0.2, 0.25) is 0 Å². The number of allylic oxidation sites excluding steroid dienone is 1. The molecule has 1 heterocycles. The summed E-state index contributed by atoms with van der Waals surface area (Å²) in [5, 5.41) is 8.46. The van der Waals surface area contributed by atoms with Gasteiger partial charge in [0.25, 0.3) is 0 Å². The Balaban J connectivity index is 2.47. The van der Waals surface area contributed by atoms with E-state index in [1.807, 2.05) is 32.9 Å². The van der Waals surface area contributed by atoms with E-state index in [9.17, 15) is 4.79 Å². The molecule has 0 aromatic heterocycles. The minimum Gasteiger partial charge on any atom is -0.444 e. The van der Waals surface area contributed by atoms with Crippen molar-refractivity contribution < 1.29 is 9.53 Å². The van der Waals surface area contributed by atoms with E-state index in [4.69, 9.17) is 10.00 Å². The molecule has 1 aliphatic rings. The normalized spacial score (nSPS) is 21.4. The highest BCUT2D eigenvalue weighted by molar-refractivity contribution is 5.68. The fraction of sp³-hybridized carbons (Fsp3) is 0.714. The van der Waals surface area contributed by atoms with Crippen molar-refractivity contribution in [1.82, 2.24) is 9.80 Å². The van der Waals surface area contributed by atoms with Crippen LogP contribution in [-0.2, 0) is 4.74 Å². The van der Waals surface area contributed by atoms with Crippen LogP contribution < -0.4 is 0 Å². The molecule has 0 N–H and O–H groups in total. The van der Waals surface area contributed by atoms with Crippen molar-refractivity contribution in [3.8, 4) is 6.07 Å². The van der Waals surface area contributed by atoms with Gasteiger partial charge in [-0.2, -0.15) is 5.26 Å². The van der Waals surface area contributed by atoms with Crippen molar-refractivity contribution in [2.75, 3.05) is 26.2 Å². The van der Waals surface area contributed by atoms with Crippen LogP contribution in [0.2, 0.25) is 0 Å². The second-order valence-electron chi connectivity index (χ2n) is 5.80. The molecule has 0 unspecified atom stereocenters. The van der Waals surface area contributed by atoms with E-state index >= 15 is 0 Å². The van der Waals surface area contributed by atoms with Crippen molar-refractivity contribution in [2.45, 2.75) is 39.3 Å². The molecular formula is C14H23N3O2. The molecule has 106 valence electrons. The average Bonchev–Trinajstić information content (AvgIpc) is 2.29. The number of carbonyl (C=O) groups excluding carboxylic acids is 1. The molecule has 1 saturated heterocycles. The summed E-state index contributed by atoms with van der Waals surface area (Å²) in [6.45, 7) is 10.6. The molecule has 0 aromatic carbocycles. The topological polar surface area (TPSA) is 56.6 Å². The molecule has 19 heavy (non-hydrogen) atoms. The minimum atomic E-state index is -0.451. The Kier molecular flexibility index (Phi) is 5.37. The lowest BCUT2D eigenvalue weighted by Gasteiger charge is -2.39. The Morgan fingerprint density at radius 3 is 2.68 bits per heavy atom. The van der Waals surface area contributed by atoms with Crippen LogP contribution in [0.4, 0.5) is 4.79 Å². The van der Waals surface area contributed by atoms with E-state index in [0.717, 1.165) is 13.1 Å². The van der Waals surface area contributed by atoms with E-state index in [2.05, 4.69) is 11.8 Å². The summed E-state index contributed by atoms with van der Waals surface area (Å²) in [6, 6.07) is 2.25. The molecule has 0 radical (unpaired) electrons. The van der Waals surface area contributed by atoms with Gasteiger partial charge in [-0.1, -0.05) is 6.08 Å². The van der Waals surface area contributed by atoms with Crippen molar-refractivity contribution >= 4 is 6.09 Å². The van der Waals surface area contributed by atoms with Gasteiger partial charge in [-0.3, -0.25) is 4.90 Å². The Morgan fingerprint density at radius 1 is 1.47 bits per heavy atom. The summed E-state index contributed by atoms with van der Waals surface area (Å²) in [4.78, 5) is 15.9. The Hall–Kier alpha value is -1.54. The van der Waals surface area contributed by atoms with E-state index in [-0.39, 0.29) is 12.1 Å². The average molecular weight is 265 g/mol. The first kappa shape index (κ1) is 15.5. The third-order valence-electron chi connectivity index (χ3n) is 2.95. The van der Waals surface area contributed by atoms with Crippen LogP contribution in [-0.4, -0.2) is 53.7 Å². The van der Waals surface area contributed by atoms with Crippen LogP contribution in [0.5, 0.6) is 0 Å². The van der Waals surface area contributed by atoms with Crippen LogP contribution in [0.15, 0.2) is 12.2 Å². The van der Waals surface area contributed by atoms with Crippen molar-refractivity contribution in [2.24, 2.45) is 0 Å². The monoisotopic (exact) mass is 265 g/mol. The number of hydrogen-bond acceptors (Lipinski definition) is 4. The summed E-state index contributed by atoms with van der Waals surface area (Å²) in [5.74, 6) is 0. The molecule has 1 aliphatic heterocycles. The number of rotatable bonds is 2. The van der Waals surface area contributed by atoms with Crippen LogP contribution >= 0.6 is 0 Å². The quantitative estimate of drug-likeness (QED) is 0.717. The number of amides is 1. The van der Waals surface area contributed by atoms with Crippen LogP contribution in [0, 0.1) is 11.3 Å². The Bertz CT molecular complexity index is 379. The van der Waals surface area contributed by atoms with E-state index < -0.39 is 5.60 Å². The van der Waals surface area contributed by atoms with Gasteiger partial charge in [-0.25, -0.2) is 4.79 Å². The largest absolute Gasteiger partial charge is 0.444 e. The molecule has 1 atom stereocenters. The zero-order valence-corrected chi connectivity index (χ0v) is 12.2. The maximum Gasteiger partial charge on any atom is 0.410 e. The zero-order chi connectivity index (χ0) is 14.5. The number of ether oxygens (including phenoxy) is 1. The first-order valence-corrected chi connectivity index (χ1v) is 6.60. The van der Waals surface area contributed by atoms with E-state index in [1.54, 1.807) is 4.90 Å². The predicted molar refractivity (Wildman–Crippen MR) is 73.6 cm³/mol. The Morgan fingerprint density at radius 2 is 2.16 bits per heavy atom. The number of nitriles is 1. The lowest BCUT2D eigenvalue weighted by Crippen LogP contribution is -2.54. The standard InChI is InChI=1S/C14H23N3O2/c1-12-11-17(13(18)19-14(2,3)4)10-9-16(12)8-6-5-7-15/h5-6,12H,8-11H2,1-4H3/t12-/m0/s1. The maximum absolute atomic E-state index is 12.0. The molecule has 0 aromatic rings. The number of carbonyl (C=O) groups is 1. The highest BCUT2D eigenvalue weighted by atomic mass is 16.6. The van der Waals surface area contributed by atoms with Gasteiger partial charge in [0.05, 0.1) is 6.07 Å². The maximum atomic E-state index is 12.0. The molecule has 0 spiro atoms. The smallest absolute Gasteiger partial charge is 0.410 e. The summed E-state index contributed by atoms with van der Waals surface area (Å²) in [6.07, 6.45) is 3.10. The SMILES string of the molecule is C[C@H]1CN(C(=O)OC(C)(C)C)CCN1CC=CC#N. The van der Waals surface area contributed by atoms with Gasteiger partial charge in [0.15, 0.2) is 0 Å². The van der Waals surface area contributed by atoms with Gasteiger partial charge in [-0.05, 0) is 27.7 Å². The van der Waals surface area contributed by atoms with Crippen molar-refractivity contribution in [3.05, 3.63) is 12.2 Å². The Labute approximate surface area is 115 Å². The van der Waals surface area contributed by atoms with E-state index in [0.29, 0.717) is 13.1 Å². The molecule has 5 heteroatoms. The third-order valence-corrected chi connectivity index (χ3v) is 2.95. The first-order valence-electron chi connectivity index (χ1n) is 6.60. The highest BCUT2D eigenvalue weighted by Gasteiger charge is 2.29. The van der Waals surface area contributed by atoms with Gasteiger partial charge in [0, 0.05) is 38.3 Å². The lowest BCUT2D eigenvalue weighted by atomic mass is 10.2. The fourth-order valence-corrected chi connectivity index (χ4v) is 2.00. The number of nitrogens with zero attached hydrogens (tertiary/aromatic N) is 3. The molecule has 1 rings (SSSR count). The lowest BCUT2D eigenvalue weighted by molar-refractivity contribution is 0.00743. The van der Waals surface area contributed by atoms with Gasteiger partial charge < -0.3 is 9.64 Å².